The zero-order valence-electron chi connectivity index (χ0n) is 13.1. The van der Waals surface area contributed by atoms with Gasteiger partial charge in [0, 0.05) is 24.7 Å². The summed E-state index contributed by atoms with van der Waals surface area (Å²) in [4.78, 5) is 23.6. The van der Waals surface area contributed by atoms with Crippen LogP contribution in [-0.4, -0.2) is 28.2 Å². The fourth-order valence-corrected chi connectivity index (χ4v) is 3.27. The summed E-state index contributed by atoms with van der Waals surface area (Å²) in [6, 6.07) is 4.13. The number of hydrogen-bond acceptors (Lipinski definition) is 6. The van der Waals surface area contributed by atoms with Gasteiger partial charge in [-0.2, -0.15) is 4.41 Å². The molecule has 1 N–H and O–H groups in total. The van der Waals surface area contributed by atoms with Crippen LogP contribution >= 0.6 is 23.5 Å². The summed E-state index contributed by atoms with van der Waals surface area (Å²) in [5.74, 6) is 0.274. The lowest BCUT2D eigenvalue weighted by atomic mass is 10.1. The first-order valence-corrected chi connectivity index (χ1v) is 8.32. The Hall–Kier alpha value is -1.41. The van der Waals surface area contributed by atoms with Crippen molar-refractivity contribution in [1.29, 1.82) is 0 Å². The number of halogens is 1. The summed E-state index contributed by atoms with van der Waals surface area (Å²) in [5.41, 5.74) is 4.21. The van der Waals surface area contributed by atoms with E-state index in [0.717, 1.165) is 12.1 Å². The minimum Gasteiger partial charge on any atom is -0.288 e. The normalized spacial score (nSPS) is 15.5. The highest BCUT2D eigenvalue weighted by molar-refractivity contribution is 8.02. The maximum Gasteiger partial charge on any atom is 0.288 e. The van der Waals surface area contributed by atoms with Gasteiger partial charge in [0.2, 0.25) is 5.78 Å². The molecule has 0 spiro atoms. The quantitative estimate of drug-likeness (QED) is 0.362. The van der Waals surface area contributed by atoms with Gasteiger partial charge >= 0.3 is 0 Å². The van der Waals surface area contributed by atoms with E-state index in [-0.39, 0.29) is 22.1 Å². The maximum atomic E-state index is 12.6. The molecule has 0 aromatic heterocycles. The molecule has 0 saturated carbocycles. The highest BCUT2D eigenvalue weighted by Crippen LogP contribution is 2.35. The number of nitro groups is 1. The van der Waals surface area contributed by atoms with Gasteiger partial charge in [-0.15, -0.1) is 0 Å². The minimum atomic E-state index is -0.585. The molecule has 2 rings (SSSR count). The van der Waals surface area contributed by atoms with Gasteiger partial charge in [-0.1, -0.05) is 25.4 Å². The number of allylic oxidation sites excluding steroid dienone is 1. The molecule has 6 nitrogen and oxygen atoms in total. The molecule has 0 fully saturated rings. The summed E-state index contributed by atoms with van der Waals surface area (Å²) in [6.45, 7) is 7.55. The van der Waals surface area contributed by atoms with Gasteiger partial charge < -0.3 is 0 Å². The zero-order chi connectivity index (χ0) is 17.1. The number of hydrogen-bond donors (Lipinski definition) is 1. The first kappa shape index (κ1) is 17.9. The molecule has 1 aromatic carbocycles. The molecular formula is C15H18ClN3O3S. The van der Waals surface area contributed by atoms with E-state index in [0.29, 0.717) is 17.4 Å². The van der Waals surface area contributed by atoms with Crippen molar-refractivity contribution >= 4 is 35.0 Å². The molecule has 0 bridgehead atoms. The van der Waals surface area contributed by atoms with E-state index in [1.54, 1.807) is 0 Å². The molecule has 0 radical (unpaired) electrons. The third-order valence-corrected chi connectivity index (χ3v) is 4.77. The van der Waals surface area contributed by atoms with Crippen LogP contribution in [0.1, 0.15) is 31.1 Å². The number of nitro benzene ring substituents is 1. The topological polar surface area (TPSA) is 75.5 Å². The number of carbonyl (C=O) groups excluding carboxylic acids is 1. The van der Waals surface area contributed by atoms with Crippen LogP contribution < -0.4 is 5.43 Å². The Morgan fingerprint density at radius 1 is 1.52 bits per heavy atom. The predicted octanol–water partition coefficient (Wildman–Crippen LogP) is 3.83. The fraction of sp³-hybridized carbons (Fsp3) is 0.400. The SMILES string of the molecule is CC1=C(C(=O)c2ccc(Cl)c([N+](=O)[O-])c2)SN(NCC(C)C)C1. The highest BCUT2D eigenvalue weighted by Gasteiger charge is 2.27. The van der Waals surface area contributed by atoms with Gasteiger partial charge in [-0.3, -0.25) is 14.9 Å². The minimum absolute atomic E-state index is 0.0246. The van der Waals surface area contributed by atoms with E-state index in [4.69, 9.17) is 11.6 Å². The maximum absolute atomic E-state index is 12.6. The molecule has 8 heteroatoms. The van der Waals surface area contributed by atoms with Crippen LogP contribution in [0.3, 0.4) is 0 Å². The third-order valence-electron chi connectivity index (χ3n) is 3.26. The van der Waals surface area contributed by atoms with Crippen molar-refractivity contribution in [2.24, 2.45) is 5.92 Å². The molecule has 1 aliphatic heterocycles. The van der Waals surface area contributed by atoms with Crippen LogP contribution in [0.25, 0.3) is 0 Å². The Morgan fingerprint density at radius 2 is 2.22 bits per heavy atom. The number of Topliss-reactive ketones (excluding diaryl/α,β-unsaturated/α-hetero) is 1. The van der Waals surface area contributed by atoms with E-state index < -0.39 is 4.92 Å². The van der Waals surface area contributed by atoms with E-state index >= 15 is 0 Å². The zero-order valence-corrected chi connectivity index (χ0v) is 14.7. The third kappa shape index (κ3) is 4.32. The number of nitrogens with zero attached hydrogens (tertiary/aromatic N) is 2. The summed E-state index contributed by atoms with van der Waals surface area (Å²) >= 11 is 7.12. The van der Waals surface area contributed by atoms with E-state index in [1.165, 1.54) is 30.1 Å². The van der Waals surface area contributed by atoms with Crippen molar-refractivity contribution in [2.45, 2.75) is 20.8 Å². The number of nitrogens with one attached hydrogen (secondary N) is 1. The monoisotopic (exact) mass is 355 g/mol. The Bertz CT molecular complexity index is 676. The summed E-state index contributed by atoms with van der Waals surface area (Å²) in [5, 5.41) is 11.0. The molecule has 0 unspecified atom stereocenters. The van der Waals surface area contributed by atoms with Gasteiger partial charge in [-0.25, -0.2) is 5.43 Å². The molecule has 0 saturated heterocycles. The molecule has 1 aromatic rings. The van der Waals surface area contributed by atoms with Crippen LogP contribution in [0.5, 0.6) is 0 Å². The average Bonchev–Trinajstić information content (AvgIpc) is 2.85. The number of ketones is 1. The second-order valence-electron chi connectivity index (χ2n) is 5.75. The average molecular weight is 356 g/mol. The molecule has 0 atom stereocenters. The number of rotatable bonds is 6. The molecule has 1 aliphatic rings. The van der Waals surface area contributed by atoms with Crippen molar-refractivity contribution in [2.75, 3.05) is 13.1 Å². The van der Waals surface area contributed by atoms with Crippen molar-refractivity contribution in [1.82, 2.24) is 9.84 Å². The highest BCUT2D eigenvalue weighted by atomic mass is 35.5. The second kappa shape index (κ2) is 7.44. The van der Waals surface area contributed by atoms with Gasteiger partial charge in [0.05, 0.1) is 9.83 Å². The molecule has 0 aliphatic carbocycles. The lowest BCUT2D eigenvalue weighted by molar-refractivity contribution is -0.384. The van der Waals surface area contributed by atoms with Gasteiger partial charge in [0.15, 0.2) is 0 Å². The van der Waals surface area contributed by atoms with Crippen LogP contribution in [0, 0.1) is 16.0 Å². The van der Waals surface area contributed by atoms with E-state index in [2.05, 4.69) is 19.3 Å². The lowest BCUT2D eigenvalue weighted by Crippen LogP contribution is -2.33. The first-order valence-electron chi connectivity index (χ1n) is 7.17. The van der Waals surface area contributed by atoms with Crippen molar-refractivity contribution in [3.05, 3.63) is 49.4 Å². The van der Waals surface area contributed by atoms with Gasteiger partial charge in [0.25, 0.3) is 5.69 Å². The van der Waals surface area contributed by atoms with E-state index in [1.807, 2.05) is 11.3 Å². The fourth-order valence-electron chi connectivity index (χ4n) is 2.04. The van der Waals surface area contributed by atoms with Crippen molar-refractivity contribution in [3.8, 4) is 0 Å². The Balaban J connectivity index is 2.16. The van der Waals surface area contributed by atoms with Crippen LogP contribution in [0.4, 0.5) is 5.69 Å². The molecular weight excluding hydrogens is 338 g/mol. The summed E-state index contributed by atoms with van der Waals surface area (Å²) in [7, 11) is 0. The second-order valence-corrected chi connectivity index (χ2v) is 7.18. The number of benzene rings is 1. The number of hydrazine groups is 1. The van der Waals surface area contributed by atoms with Crippen molar-refractivity contribution in [3.63, 3.8) is 0 Å². The molecule has 23 heavy (non-hydrogen) atoms. The van der Waals surface area contributed by atoms with Gasteiger partial charge in [-0.05, 0) is 42.5 Å². The summed E-state index contributed by atoms with van der Waals surface area (Å²) in [6.07, 6.45) is 0. The smallest absolute Gasteiger partial charge is 0.288 e. The molecule has 1 heterocycles. The standard InChI is InChI=1S/C15H18ClN3O3S/c1-9(2)7-17-18-8-10(3)15(23-18)14(20)11-4-5-12(16)13(6-11)19(21)22/h4-6,9,17H,7-8H2,1-3H3. The lowest BCUT2D eigenvalue weighted by Gasteiger charge is -2.17. The Labute approximate surface area is 144 Å². The Kier molecular flexibility index (Phi) is 5.80. The van der Waals surface area contributed by atoms with E-state index in [9.17, 15) is 14.9 Å². The van der Waals surface area contributed by atoms with Gasteiger partial charge in [0.1, 0.15) is 5.02 Å². The molecule has 0 amide bonds. The Morgan fingerprint density at radius 3 is 2.83 bits per heavy atom. The molecule has 124 valence electrons. The van der Waals surface area contributed by atoms with Crippen LogP contribution in [-0.2, 0) is 0 Å². The van der Waals surface area contributed by atoms with Crippen molar-refractivity contribution < 1.29 is 9.72 Å². The predicted molar refractivity (Wildman–Crippen MR) is 92.3 cm³/mol. The number of carbonyl (C=O) groups is 1. The van der Waals surface area contributed by atoms with Crippen LogP contribution in [0.2, 0.25) is 5.02 Å². The summed E-state index contributed by atoms with van der Waals surface area (Å²) < 4.78 is 1.91. The largest absolute Gasteiger partial charge is 0.288 e. The van der Waals surface area contributed by atoms with Crippen LogP contribution in [0.15, 0.2) is 28.7 Å². The first-order chi connectivity index (χ1) is 10.8.